The third-order valence-corrected chi connectivity index (χ3v) is 2.70. The summed E-state index contributed by atoms with van der Waals surface area (Å²) >= 11 is 5.83. The van der Waals surface area contributed by atoms with Crippen molar-refractivity contribution < 1.29 is 9.90 Å². The first-order chi connectivity index (χ1) is 6.59. The molecule has 0 heterocycles. The van der Waals surface area contributed by atoms with Crippen LogP contribution in [0.2, 0.25) is 5.02 Å². The van der Waals surface area contributed by atoms with E-state index in [9.17, 15) is 9.90 Å². The highest BCUT2D eigenvalue weighted by atomic mass is 35.5. The second-order valence-corrected chi connectivity index (χ2v) is 4.19. The molecule has 14 heavy (non-hydrogen) atoms. The second-order valence-electron chi connectivity index (χ2n) is 3.76. The van der Waals surface area contributed by atoms with Gasteiger partial charge in [0.2, 0.25) is 0 Å². The lowest BCUT2D eigenvalue weighted by Crippen LogP contribution is -2.02. The fourth-order valence-corrected chi connectivity index (χ4v) is 1.76. The molecule has 0 radical (unpaired) electrons. The number of benzene rings is 1. The lowest BCUT2D eigenvalue weighted by molar-refractivity contribution is 0.0965. The van der Waals surface area contributed by atoms with E-state index in [1.54, 1.807) is 19.1 Å². The number of halogens is 1. The normalized spacial score (nSPS) is 15.6. The maximum absolute atomic E-state index is 11.7. The van der Waals surface area contributed by atoms with Crippen molar-refractivity contribution in [3.05, 3.63) is 28.3 Å². The highest BCUT2D eigenvalue weighted by Crippen LogP contribution is 2.36. The van der Waals surface area contributed by atoms with E-state index in [0.29, 0.717) is 16.1 Å². The summed E-state index contributed by atoms with van der Waals surface area (Å²) < 4.78 is 0. The van der Waals surface area contributed by atoms with Crippen molar-refractivity contribution in [1.82, 2.24) is 0 Å². The third-order valence-electron chi connectivity index (χ3n) is 2.48. The van der Waals surface area contributed by atoms with E-state index in [-0.39, 0.29) is 17.5 Å². The average Bonchev–Trinajstić information content (AvgIpc) is 2.93. The Morgan fingerprint density at radius 1 is 1.50 bits per heavy atom. The zero-order valence-electron chi connectivity index (χ0n) is 7.88. The highest BCUT2D eigenvalue weighted by Gasteiger charge is 2.32. The number of Topliss-reactive ketones (excluding diaryl/α,β-unsaturated/α-hetero) is 1. The minimum Gasteiger partial charge on any atom is -0.507 e. The van der Waals surface area contributed by atoms with Crippen LogP contribution in [0.5, 0.6) is 5.75 Å². The lowest BCUT2D eigenvalue weighted by Gasteiger charge is -2.06. The summed E-state index contributed by atoms with van der Waals surface area (Å²) in [5.41, 5.74) is 1.03. The van der Waals surface area contributed by atoms with Crippen LogP contribution < -0.4 is 0 Å². The Morgan fingerprint density at radius 3 is 2.71 bits per heavy atom. The van der Waals surface area contributed by atoms with Gasteiger partial charge < -0.3 is 5.11 Å². The Hall–Kier alpha value is -1.02. The quantitative estimate of drug-likeness (QED) is 0.763. The summed E-state index contributed by atoms with van der Waals surface area (Å²) in [6, 6.07) is 3.20. The number of aryl methyl sites for hydroxylation is 1. The van der Waals surface area contributed by atoms with Crippen molar-refractivity contribution in [1.29, 1.82) is 0 Å². The monoisotopic (exact) mass is 210 g/mol. The number of phenols is 1. The van der Waals surface area contributed by atoms with E-state index in [4.69, 9.17) is 11.6 Å². The molecule has 0 spiro atoms. The largest absolute Gasteiger partial charge is 0.507 e. The molecule has 2 rings (SSSR count). The fourth-order valence-electron chi connectivity index (χ4n) is 1.49. The molecule has 1 aliphatic carbocycles. The minimum absolute atomic E-state index is 0.0214. The van der Waals surface area contributed by atoms with Crippen molar-refractivity contribution in [2.45, 2.75) is 19.8 Å². The summed E-state index contributed by atoms with van der Waals surface area (Å²) in [5.74, 6) is 0.207. The van der Waals surface area contributed by atoms with Gasteiger partial charge in [-0.3, -0.25) is 4.79 Å². The molecule has 1 aromatic rings. The predicted molar refractivity (Wildman–Crippen MR) is 54.9 cm³/mol. The number of carbonyl (C=O) groups is 1. The number of carbonyl (C=O) groups excluding carboxylic acids is 1. The van der Waals surface area contributed by atoms with E-state index < -0.39 is 0 Å². The molecule has 0 amide bonds. The fraction of sp³-hybridized carbons (Fsp3) is 0.364. The minimum atomic E-state index is 0.0214. The molecule has 1 aliphatic rings. The van der Waals surface area contributed by atoms with Gasteiger partial charge in [0.15, 0.2) is 5.78 Å². The van der Waals surface area contributed by atoms with Gasteiger partial charge in [-0.05, 0) is 37.5 Å². The smallest absolute Gasteiger partial charge is 0.169 e. The van der Waals surface area contributed by atoms with E-state index in [1.165, 1.54) is 0 Å². The van der Waals surface area contributed by atoms with E-state index in [2.05, 4.69) is 0 Å². The molecule has 3 heteroatoms. The van der Waals surface area contributed by atoms with Gasteiger partial charge in [-0.1, -0.05) is 11.6 Å². The van der Waals surface area contributed by atoms with Gasteiger partial charge in [-0.25, -0.2) is 0 Å². The maximum Gasteiger partial charge on any atom is 0.169 e. The molecule has 1 saturated carbocycles. The van der Waals surface area contributed by atoms with Crippen LogP contribution >= 0.6 is 11.6 Å². The zero-order valence-corrected chi connectivity index (χ0v) is 8.64. The average molecular weight is 211 g/mol. The van der Waals surface area contributed by atoms with Gasteiger partial charge in [-0.15, -0.1) is 0 Å². The molecule has 1 N–H and O–H groups in total. The molecule has 0 bridgehead atoms. The summed E-state index contributed by atoms with van der Waals surface area (Å²) in [6.07, 6.45) is 1.87. The van der Waals surface area contributed by atoms with Crippen LogP contribution in [-0.2, 0) is 0 Å². The lowest BCUT2D eigenvalue weighted by atomic mass is 10.0. The molecule has 0 unspecified atom stereocenters. The molecule has 0 aromatic heterocycles. The van der Waals surface area contributed by atoms with E-state index in [1.807, 2.05) is 0 Å². The topological polar surface area (TPSA) is 37.3 Å². The highest BCUT2D eigenvalue weighted by molar-refractivity contribution is 6.31. The number of ketones is 1. The van der Waals surface area contributed by atoms with Crippen LogP contribution in [0.3, 0.4) is 0 Å². The number of hydrogen-bond donors (Lipinski definition) is 1. The van der Waals surface area contributed by atoms with Crippen molar-refractivity contribution >= 4 is 17.4 Å². The van der Waals surface area contributed by atoms with Gasteiger partial charge >= 0.3 is 0 Å². The Morgan fingerprint density at radius 2 is 2.14 bits per heavy atom. The first kappa shape index (κ1) is 9.53. The number of rotatable bonds is 2. The Labute approximate surface area is 87.5 Å². The van der Waals surface area contributed by atoms with Gasteiger partial charge in [0.1, 0.15) is 5.75 Å². The van der Waals surface area contributed by atoms with Gasteiger partial charge in [0.25, 0.3) is 0 Å². The Balaban J connectivity index is 2.45. The van der Waals surface area contributed by atoms with Crippen LogP contribution in [0.25, 0.3) is 0 Å². The second kappa shape index (κ2) is 3.28. The predicted octanol–water partition coefficient (Wildman–Crippen LogP) is 2.95. The van der Waals surface area contributed by atoms with Crippen molar-refractivity contribution in [2.24, 2.45) is 5.92 Å². The van der Waals surface area contributed by atoms with Gasteiger partial charge in [0.05, 0.1) is 5.56 Å². The maximum atomic E-state index is 11.7. The first-order valence-corrected chi connectivity index (χ1v) is 5.00. The Bertz CT molecular complexity index is 395. The van der Waals surface area contributed by atoms with Crippen molar-refractivity contribution in [3.8, 4) is 5.75 Å². The Kier molecular flexibility index (Phi) is 2.23. The zero-order chi connectivity index (χ0) is 10.3. The molecular formula is C11H11ClO2. The molecule has 2 nitrogen and oxygen atoms in total. The van der Waals surface area contributed by atoms with Crippen molar-refractivity contribution in [3.63, 3.8) is 0 Å². The summed E-state index contributed by atoms with van der Waals surface area (Å²) in [4.78, 5) is 11.7. The van der Waals surface area contributed by atoms with Gasteiger partial charge in [0, 0.05) is 10.9 Å². The van der Waals surface area contributed by atoms with Crippen LogP contribution in [0.4, 0.5) is 0 Å². The molecule has 74 valence electrons. The van der Waals surface area contributed by atoms with E-state index >= 15 is 0 Å². The summed E-state index contributed by atoms with van der Waals surface area (Å²) in [6.45, 7) is 1.74. The third kappa shape index (κ3) is 1.62. The summed E-state index contributed by atoms with van der Waals surface area (Å²) in [7, 11) is 0. The van der Waals surface area contributed by atoms with Crippen LogP contribution in [-0.4, -0.2) is 10.9 Å². The molecule has 1 aromatic carbocycles. The number of hydrogen-bond acceptors (Lipinski definition) is 2. The van der Waals surface area contributed by atoms with Gasteiger partial charge in [-0.2, -0.15) is 0 Å². The molecule has 1 fully saturated rings. The van der Waals surface area contributed by atoms with Crippen LogP contribution in [0.15, 0.2) is 12.1 Å². The molecule has 0 saturated heterocycles. The SMILES string of the molecule is Cc1cc(Cl)cc(C(=O)C2CC2)c1O. The standard InChI is InChI=1S/C11H11ClO2/c1-6-4-8(12)5-9(10(6)13)11(14)7-2-3-7/h4-5,7,13H,2-3H2,1H3. The molecule has 0 aliphatic heterocycles. The van der Waals surface area contributed by atoms with Crippen molar-refractivity contribution in [2.75, 3.05) is 0 Å². The first-order valence-electron chi connectivity index (χ1n) is 4.63. The number of phenolic OH excluding ortho intramolecular Hbond substituents is 1. The molecule has 0 atom stereocenters. The van der Waals surface area contributed by atoms with E-state index in [0.717, 1.165) is 12.8 Å². The van der Waals surface area contributed by atoms with Crippen LogP contribution in [0.1, 0.15) is 28.8 Å². The summed E-state index contributed by atoms with van der Waals surface area (Å²) in [5, 5.41) is 10.2. The van der Waals surface area contributed by atoms with Crippen LogP contribution in [0, 0.1) is 12.8 Å². The number of aromatic hydroxyl groups is 1. The molecular weight excluding hydrogens is 200 g/mol.